The zero-order valence-corrected chi connectivity index (χ0v) is 9.03. The van der Waals surface area contributed by atoms with E-state index in [0.717, 1.165) is 6.61 Å². The molecule has 0 radical (unpaired) electrons. The van der Waals surface area contributed by atoms with Crippen LogP contribution in [0.1, 0.15) is 13.8 Å². The largest absolute Gasteiger partial charge is 0.476 e. The van der Waals surface area contributed by atoms with E-state index in [1.54, 1.807) is 0 Å². The van der Waals surface area contributed by atoms with Crippen molar-refractivity contribution in [2.75, 3.05) is 33.2 Å². The second-order valence-electron chi connectivity index (χ2n) is 2.70. The zero-order chi connectivity index (χ0) is 10.6. The Morgan fingerprint density at radius 2 is 2.07 bits per heavy atom. The molecule has 0 spiro atoms. The summed E-state index contributed by atoms with van der Waals surface area (Å²) < 4.78 is 20.4. The molecule has 0 amide bonds. The van der Waals surface area contributed by atoms with E-state index < -0.39 is 0 Å². The fourth-order valence-electron chi connectivity index (χ4n) is 0.811. The van der Waals surface area contributed by atoms with E-state index in [1.807, 2.05) is 13.8 Å². The van der Waals surface area contributed by atoms with Gasteiger partial charge in [-0.15, -0.1) is 0 Å². The fourth-order valence-corrected chi connectivity index (χ4v) is 0.811. The van der Waals surface area contributed by atoms with E-state index in [2.05, 4.69) is 6.58 Å². The van der Waals surface area contributed by atoms with Crippen LogP contribution in [0.3, 0.4) is 0 Å². The number of ether oxygens (including phenoxy) is 4. The van der Waals surface area contributed by atoms with Crippen LogP contribution in [0.15, 0.2) is 12.8 Å². The van der Waals surface area contributed by atoms with Crippen LogP contribution in [0.4, 0.5) is 0 Å². The summed E-state index contributed by atoms with van der Waals surface area (Å²) in [6, 6.07) is 0. The highest BCUT2D eigenvalue weighted by Gasteiger charge is 2.01. The molecule has 14 heavy (non-hydrogen) atoms. The van der Waals surface area contributed by atoms with Crippen molar-refractivity contribution in [2.45, 2.75) is 20.0 Å². The topological polar surface area (TPSA) is 36.9 Å². The van der Waals surface area contributed by atoms with Crippen LogP contribution in [-0.4, -0.2) is 39.3 Å². The second kappa shape index (κ2) is 10.5. The molecule has 0 saturated carbocycles. The van der Waals surface area contributed by atoms with Crippen LogP contribution < -0.4 is 0 Å². The lowest BCUT2D eigenvalue weighted by molar-refractivity contribution is -0.0708. The third-order valence-corrected chi connectivity index (χ3v) is 1.46. The molecule has 4 nitrogen and oxygen atoms in total. The summed E-state index contributed by atoms with van der Waals surface area (Å²) >= 11 is 0. The summed E-state index contributed by atoms with van der Waals surface area (Å²) in [6.45, 7) is 9.99. The summed E-state index contributed by atoms with van der Waals surface area (Å²) in [5.74, 6) is 0. The van der Waals surface area contributed by atoms with Crippen molar-refractivity contribution in [1.29, 1.82) is 0 Å². The molecule has 0 aliphatic heterocycles. The number of hydrogen-bond acceptors (Lipinski definition) is 4. The number of hydrogen-bond donors (Lipinski definition) is 0. The normalized spacial score (nSPS) is 12.4. The summed E-state index contributed by atoms with van der Waals surface area (Å²) in [5, 5.41) is 0. The summed E-state index contributed by atoms with van der Waals surface area (Å²) in [5.41, 5.74) is 0. The molecule has 0 aliphatic carbocycles. The maximum absolute atomic E-state index is 5.39. The summed E-state index contributed by atoms with van der Waals surface area (Å²) in [4.78, 5) is 0. The van der Waals surface area contributed by atoms with Crippen molar-refractivity contribution in [1.82, 2.24) is 0 Å². The van der Waals surface area contributed by atoms with Gasteiger partial charge in [0.2, 0.25) is 0 Å². The van der Waals surface area contributed by atoms with Gasteiger partial charge in [-0.2, -0.15) is 0 Å². The SMILES string of the molecule is C=COCOCC(C)OCCOCC. The van der Waals surface area contributed by atoms with Gasteiger partial charge in [0.15, 0.2) is 6.79 Å². The van der Waals surface area contributed by atoms with Gasteiger partial charge in [-0.25, -0.2) is 0 Å². The van der Waals surface area contributed by atoms with E-state index in [-0.39, 0.29) is 12.9 Å². The Hall–Kier alpha value is -0.580. The predicted octanol–water partition coefficient (Wildman–Crippen LogP) is 1.56. The van der Waals surface area contributed by atoms with Gasteiger partial charge < -0.3 is 18.9 Å². The van der Waals surface area contributed by atoms with Gasteiger partial charge in [-0.05, 0) is 13.8 Å². The van der Waals surface area contributed by atoms with Crippen LogP contribution in [0.5, 0.6) is 0 Å². The molecule has 0 aromatic carbocycles. The highest BCUT2D eigenvalue weighted by Crippen LogP contribution is 1.92. The van der Waals surface area contributed by atoms with Gasteiger partial charge in [0, 0.05) is 6.61 Å². The molecule has 1 unspecified atom stereocenters. The quantitative estimate of drug-likeness (QED) is 0.307. The Morgan fingerprint density at radius 1 is 1.29 bits per heavy atom. The lowest BCUT2D eigenvalue weighted by atomic mass is 10.4. The van der Waals surface area contributed by atoms with Crippen molar-refractivity contribution in [2.24, 2.45) is 0 Å². The van der Waals surface area contributed by atoms with Gasteiger partial charge >= 0.3 is 0 Å². The molecule has 1 atom stereocenters. The van der Waals surface area contributed by atoms with Crippen molar-refractivity contribution in [3.8, 4) is 0 Å². The highest BCUT2D eigenvalue weighted by atomic mass is 16.7. The molecule has 0 bridgehead atoms. The van der Waals surface area contributed by atoms with Crippen molar-refractivity contribution >= 4 is 0 Å². The molecular weight excluding hydrogens is 184 g/mol. The lowest BCUT2D eigenvalue weighted by Crippen LogP contribution is -2.19. The average molecular weight is 204 g/mol. The second-order valence-corrected chi connectivity index (χ2v) is 2.70. The minimum atomic E-state index is 0.0591. The third-order valence-electron chi connectivity index (χ3n) is 1.46. The Labute approximate surface area is 85.8 Å². The first-order chi connectivity index (χ1) is 6.81. The Morgan fingerprint density at radius 3 is 2.71 bits per heavy atom. The molecule has 0 rings (SSSR count). The first kappa shape index (κ1) is 13.4. The van der Waals surface area contributed by atoms with Crippen LogP contribution in [0.25, 0.3) is 0 Å². The van der Waals surface area contributed by atoms with E-state index in [4.69, 9.17) is 18.9 Å². The van der Waals surface area contributed by atoms with E-state index in [1.165, 1.54) is 6.26 Å². The molecule has 0 aromatic rings. The van der Waals surface area contributed by atoms with Gasteiger partial charge in [0.25, 0.3) is 0 Å². The molecule has 84 valence electrons. The van der Waals surface area contributed by atoms with Gasteiger partial charge in [-0.1, -0.05) is 6.58 Å². The van der Waals surface area contributed by atoms with Crippen molar-refractivity contribution < 1.29 is 18.9 Å². The number of rotatable bonds is 10. The van der Waals surface area contributed by atoms with Crippen LogP contribution in [0.2, 0.25) is 0 Å². The highest BCUT2D eigenvalue weighted by molar-refractivity contribution is 4.48. The van der Waals surface area contributed by atoms with Crippen molar-refractivity contribution in [3.63, 3.8) is 0 Å². The van der Waals surface area contributed by atoms with Gasteiger partial charge in [0.05, 0.1) is 32.2 Å². The fraction of sp³-hybridized carbons (Fsp3) is 0.800. The maximum Gasteiger partial charge on any atom is 0.188 e. The standard InChI is InChI=1S/C10H20O4/c1-4-11-6-7-14-10(3)8-13-9-12-5-2/h5,10H,2,4,6-9H2,1,3H3. The molecule has 0 N–H and O–H groups in total. The predicted molar refractivity (Wildman–Crippen MR) is 54.0 cm³/mol. The molecular formula is C10H20O4. The molecule has 0 fully saturated rings. The molecule has 4 heteroatoms. The summed E-state index contributed by atoms with van der Waals surface area (Å²) in [7, 11) is 0. The summed E-state index contributed by atoms with van der Waals surface area (Å²) in [6.07, 6.45) is 1.41. The average Bonchev–Trinajstić information content (AvgIpc) is 2.19. The first-order valence-corrected chi connectivity index (χ1v) is 4.80. The van der Waals surface area contributed by atoms with Crippen molar-refractivity contribution in [3.05, 3.63) is 12.8 Å². The monoisotopic (exact) mass is 204 g/mol. The van der Waals surface area contributed by atoms with E-state index in [9.17, 15) is 0 Å². The molecule has 0 saturated heterocycles. The Kier molecular flexibility index (Phi) is 10.1. The third kappa shape index (κ3) is 9.51. The van der Waals surface area contributed by atoms with E-state index in [0.29, 0.717) is 19.8 Å². The first-order valence-electron chi connectivity index (χ1n) is 4.80. The van der Waals surface area contributed by atoms with Crippen LogP contribution in [-0.2, 0) is 18.9 Å². The molecule has 0 aromatic heterocycles. The van der Waals surface area contributed by atoms with Crippen LogP contribution in [0, 0.1) is 0 Å². The van der Waals surface area contributed by atoms with E-state index >= 15 is 0 Å². The molecule has 0 heterocycles. The minimum Gasteiger partial charge on any atom is -0.476 e. The Balaban J connectivity index is 3.10. The zero-order valence-electron chi connectivity index (χ0n) is 9.03. The minimum absolute atomic E-state index is 0.0591. The lowest BCUT2D eigenvalue weighted by Gasteiger charge is -2.12. The van der Waals surface area contributed by atoms with Gasteiger partial charge in [0.1, 0.15) is 0 Å². The van der Waals surface area contributed by atoms with Gasteiger partial charge in [-0.3, -0.25) is 0 Å². The Bertz CT molecular complexity index is 127. The smallest absolute Gasteiger partial charge is 0.188 e. The van der Waals surface area contributed by atoms with Crippen LogP contribution >= 0.6 is 0 Å². The molecule has 0 aliphatic rings. The maximum atomic E-state index is 5.39.